The average Bonchev–Trinajstić information content (AvgIpc) is 2.30. The molecule has 0 aromatic heterocycles. The van der Waals surface area contributed by atoms with Gasteiger partial charge in [-0.15, -0.1) is 0 Å². The molecule has 2 rings (SSSR count). The highest BCUT2D eigenvalue weighted by atomic mass is 79.9. The Morgan fingerprint density at radius 2 is 1.81 bits per heavy atom. The molecule has 1 aliphatic carbocycles. The van der Waals surface area contributed by atoms with E-state index in [1.54, 1.807) is 0 Å². The zero-order chi connectivity index (χ0) is 11.5. The van der Waals surface area contributed by atoms with E-state index in [-0.39, 0.29) is 11.8 Å². The molecule has 0 bridgehead atoms. The van der Waals surface area contributed by atoms with E-state index in [2.05, 4.69) is 15.9 Å². The van der Waals surface area contributed by atoms with E-state index in [0.717, 1.165) is 35.7 Å². The molecule has 1 fully saturated rings. The highest BCUT2D eigenvalue weighted by Gasteiger charge is 2.31. The molecule has 2 unspecified atom stereocenters. The van der Waals surface area contributed by atoms with E-state index in [4.69, 9.17) is 0 Å². The fraction of sp³-hybridized carbons (Fsp3) is 0.462. The largest absolute Gasteiger partial charge is 0.481 e. The highest BCUT2D eigenvalue weighted by molar-refractivity contribution is 9.10. The lowest BCUT2D eigenvalue weighted by molar-refractivity contribution is -0.143. The van der Waals surface area contributed by atoms with Gasteiger partial charge >= 0.3 is 5.97 Å². The van der Waals surface area contributed by atoms with Gasteiger partial charge in [0.05, 0.1) is 5.92 Å². The number of carboxylic acid groups (broad SMARTS) is 1. The minimum absolute atomic E-state index is 0.194. The molecule has 0 saturated heterocycles. The number of rotatable bonds is 2. The summed E-state index contributed by atoms with van der Waals surface area (Å²) in [5.74, 6) is -0.651. The second-order valence-electron chi connectivity index (χ2n) is 4.39. The van der Waals surface area contributed by atoms with Crippen LogP contribution < -0.4 is 0 Å². The lowest BCUT2D eigenvalue weighted by Gasteiger charge is -2.28. The van der Waals surface area contributed by atoms with E-state index in [9.17, 15) is 9.90 Å². The van der Waals surface area contributed by atoms with Gasteiger partial charge in [-0.05, 0) is 36.5 Å². The van der Waals surface area contributed by atoms with Crippen LogP contribution in [0.2, 0.25) is 0 Å². The highest BCUT2D eigenvalue weighted by Crippen LogP contribution is 2.38. The van der Waals surface area contributed by atoms with Crippen LogP contribution in [0.3, 0.4) is 0 Å². The zero-order valence-electron chi connectivity index (χ0n) is 9.03. The number of hydrogen-bond acceptors (Lipinski definition) is 1. The van der Waals surface area contributed by atoms with Gasteiger partial charge in [0, 0.05) is 4.47 Å². The lowest BCUT2D eigenvalue weighted by Crippen LogP contribution is -2.25. The molecular weight excluding hydrogens is 268 g/mol. The Morgan fingerprint density at radius 3 is 2.44 bits per heavy atom. The minimum Gasteiger partial charge on any atom is -0.481 e. The van der Waals surface area contributed by atoms with Crippen molar-refractivity contribution >= 4 is 21.9 Å². The summed E-state index contributed by atoms with van der Waals surface area (Å²) in [5.41, 5.74) is 1.16. The Morgan fingerprint density at radius 1 is 1.19 bits per heavy atom. The number of benzene rings is 1. The van der Waals surface area contributed by atoms with Crippen LogP contribution in [0.4, 0.5) is 0 Å². The molecular formula is C13H15BrO2. The van der Waals surface area contributed by atoms with Crippen LogP contribution in [0, 0.1) is 5.92 Å². The third-order valence-electron chi connectivity index (χ3n) is 3.38. The van der Waals surface area contributed by atoms with Gasteiger partial charge in [0.2, 0.25) is 0 Å². The van der Waals surface area contributed by atoms with Crippen LogP contribution >= 0.6 is 15.9 Å². The Balaban J connectivity index is 2.23. The van der Waals surface area contributed by atoms with Crippen molar-refractivity contribution in [2.75, 3.05) is 0 Å². The maximum atomic E-state index is 11.2. The summed E-state index contributed by atoms with van der Waals surface area (Å²) in [7, 11) is 0. The Bertz CT molecular complexity index is 372. The van der Waals surface area contributed by atoms with Gasteiger partial charge in [0.15, 0.2) is 0 Å². The van der Waals surface area contributed by atoms with Crippen molar-refractivity contribution in [1.29, 1.82) is 0 Å². The van der Waals surface area contributed by atoms with Crippen molar-refractivity contribution < 1.29 is 9.90 Å². The normalized spacial score (nSPS) is 25.3. The summed E-state index contributed by atoms with van der Waals surface area (Å²) >= 11 is 3.40. The molecule has 0 amide bonds. The third kappa shape index (κ3) is 2.46. The number of hydrogen-bond donors (Lipinski definition) is 1. The van der Waals surface area contributed by atoms with Crippen molar-refractivity contribution in [2.24, 2.45) is 5.92 Å². The fourth-order valence-electron chi connectivity index (χ4n) is 2.54. The molecule has 2 atom stereocenters. The fourth-order valence-corrected chi connectivity index (χ4v) is 2.80. The maximum absolute atomic E-state index is 11.2. The Hall–Kier alpha value is -0.830. The number of carbonyl (C=O) groups is 1. The zero-order valence-corrected chi connectivity index (χ0v) is 10.6. The maximum Gasteiger partial charge on any atom is 0.307 e. The molecule has 1 aliphatic rings. The molecule has 1 aromatic carbocycles. The Kier molecular flexibility index (Phi) is 3.64. The summed E-state index contributed by atoms with van der Waals surface area (Å²) in [5, 5.41) is 9.22. The first-order valence-electron chi connectivity index (χ1n) is 5.67. The summed E-state index contributed by atoms with van der Waals surface area (Å²) in [6.45, 7) is 0. The molecule has 1 saturated carbocycles. The van der Waals surface area contributed by atoms with Gasteiger partial charge < -0.3 is 5.11 Å². The number of aliphatic carboxylic acids is 1. The smallest absolute Gasteiger partial charge is 0.307 e. The van der Waals surface area contributed by atoms with E-state index < -0.39 is 5.97 Å². The van der Waals surface area contributed by atoms with Gasteiger partial charge in [0.25, 0.3) is 0 Å². The molecule has 1 N–H and O–H groups in total. The minimum atomic E-state index is -0.646. The van der Waals surface area contributed by atoms with Gasteiger partial charge in [0.1, 0.15) is 0 Å². The summed E-state index contributed by atoms with van der Waals surface area (Å²) in [4.78, 5) is 11.2. The monoisotopic (exact) mass is 282 g/mol. The number of halogens is 1. The van der Waals surface area contributed by atoms with E-state index in [0.29, 0.717) is 0 Å². The SMILES string of the molecule is O=C(O)C1CCCCC1c1ccc(Br)cc1. The first-order valence-corrected chi connectivity index (χ1v) is 6.46. The van der Waals surface area contributed by atoms with E-state index in [1.165, 1.54) is 0 Å². The molecule has 3 heteroatoms. The second-order valence-corrected chi connectivity index (χ2v) is 5.30. The Labute approximate surface area is 104 Å². The molecule has 2 nitrogen and oxygen atoms in total. The van der Waals surface area contributed by atoms with Crippen molar-refractivity contribution in [3.05, 3.63) is 34.3 Å². The van der Waals surface area contributed by atoms with Crippen LogP contribution in [0.25, 0.3) is 0 Å². The van der Waals surface area contributed by atoms with Crippen LogP contribution in [0.15, 0.2) is 28.7 Å². The molecule has 16 heavy (non-hydrogen) atoms. The van der Waals surface area contributed by atoms with Crippen LogP contribution in [0.1, 0.15) is 37.2 Å². The van der Waals surface area contributed by atoms with Gasteiger partial charge in [-0.3, -0.25) is 4.79 Å². The van der Waals surface area contributed by atoms with Crippen molar-refractivity contribution in [2.45, 2.75) is 31.6 Å². The molecule has 1 aromatic rings. The predicted octanol–water partition coefficient (Wildman–Crippen LogP) is 3.81. The molecule has 0 spiro atoms. The molecule has 0 heterocycles. The quantitative estimate of drug-likeness (QED) is 0.896. The van der Waals surface area contributed by atoms with E-state index >= 15 is 0 Å². The van der Waals surface area contributed by atoms with Crippen molar-refractivity contribution in [1.82, 2.24) is 0 Å². The van der Waals surface area contributed by atoms with Gasteiger partial charge in [-0.25, -0.2) is 0 Å². The summed E-state index contributed by atoms with van der Waals surface area (Å²) < 4.78 is 1.04. The molecule has 0 radical (unpaired) electrons. The van der Waals surface area contributed by atoms with Gasteiger partial charge in [-0.1, -0.05) is 40.9 Å². The number of carboxylic acids is 1. The summed E-state index contributed by atoms with van der Waals surface area (Å²) in [6.07, 6.45) is 4.00. The van der Waals surface area contributed by atoms with Crippen LogP contribution in [-0.2, 0) is 4.79 Å². The standard InChI is InChI=1S/C13H15BrO2/c14-10-7-5-9(6-8-10)11-3-1-2-4-12(11)13(15)16/h5-8,11-12H,1-4H2,(H,15,16). The van der Waals surface area contributed by atoms with E-state index in [1.807, 2.05) is 24.3 Å². The van der Waals surface area contributed by atoms with Crippen molar-refractivity contribution in [3.63, 3.8) is 0 Å². The van der Waals surface area contributed by atoms with Crippen LogP contribution in [-0.4, -0.2) is 11.1 Å². The molecule has 0 aliphatic heterocycles. The first-order chi connectivity index (χ1) is 7.68. The predicted molar refractivity (Wildman–Crippen MR) is 66.5 cm³/mol. The van der Waals surface area contributed by atoms with Crippen LogP contribution in [0.5, 0.6) is 0 Å². The summed E-state index contributed by atoms with van der Waals surface area (Å²) in [6, 6.07) is 8.05. The van der Waals surface area contributed by atoms with Crippen molar-refractivity contribution in [3.8, 4) is 0 Å². The second kappa shape index (κ2) is 5.00. The topological polar surface area (TPSA) is 37.3 Å². The lowest BCUT2D eigenvalue weighted by atomic mass is 9.75. The third-order valence-corrected chi connectivity index (χ3v) is 3.91. The first kappa shape index (κ1) is 11.6. The van der Waals surface area contributed by atoms with Gasteiger partial charge in [-0.2, -0.15) is 0 Å². The molecule has 86 valence electrons. The average molecular weight is 283 g/mol.